The second-order valence-electron chi connectivity index (χ2n) is 5.74. The van der Waals surface area contributed by atoms with Gasteiger partial charge in [0.2, 0.25) is 0 Å². The van der Waals surface area contributed by atoms with E-state index in [-0.39, 0.29) is 5.41 Å². The summed E-state index contributed by atoms with van der Waals surface area (Å²) in [6, 6.07) is 10.3. The Labute approximate surface area is 119 Å². The second kappa shape index (κ2) is 5.30. The third kappa shape index (κ3) is 3.12. The molecule has 20 heavy (non-hydrogen) atoms. The normalized spacial score (nSPS) is 10.9. The number of benzene rings is 1. The molecule has 102 valence electrons. The summed E-state index contributed by atoms with van der Waals surface area (Å²) in [5.41, 5.74) is 2.74. The fourth-order valence-electron chi connectivity index (χ4n) is 1.84. The van der Waals surface area contributed by atoms with Gasteiger partial charge in [0.15, 0.2) is 5.82 Å². The molecule has 1 N–H and O–H groups in total. The third-order valence-electron chi connectivity index (χ3n) is 3.04. The minimum absolute atomic E-state index is 0.127. The number of aromatic nitrogens is 2. The van der Waals surface area contributed by atoms with Crippen molar-refractivity contribution in [2.24, 2.45) is 0 Å². The summed E-state index contributed by atoms with van der Waals surface area (Å²) in [6.07, 6.45) is 1.54. The quantitative estimate of drug-likeness (QED) is 0.900. The van der Waals surface area contributed by atoms with Gasteiger partial charge in [0.1, 0.15) is 17.5 Å². The highest BCUT2D eigenvalue weighted by Crippen LogP contribution is 2.25. The van der Waals surface area contributed by atoms with Crippen LogP contribution in [0.2, 0.25) is 0 Å². The SMILES string of the molecule is Cc1ncc(C#N)c(Nc2ccc(C(C)(C)C)cc2)n1. The van der Waals surface area contributed by atoms with E-state index >= 15 is 0 Å². The molecule has 0 aliphatic heterocycles. The lowest BCUT2D eigenvalue weighted by Gasteiger charge is -2.19. The van der Waals surface area contributed by atoms with Gasteiger partial charge in [0.05, 0.1) is 6.20 Å². The van der Waals surface area contributed by atoms with E-state index < -0.39 is 0 Å². The van der Waals surface area contributed by atoms with Gasteiger partial charge < -0.3 is 5.32 Å². The molecule has 0 saturated carbocycles. The predicted molar refractivity (Wildman–Crippen MR) is 79.9 cm³/mol. The van der Waals surface area contributed by atoms with Crippen molar-refractivity contribution in [2.45, 2.75) is 33.1 Å². The maximum Gasteiger partial charge on any atom is 0.152 e. The highest BCUT2D eigenvalue weighted by Gasteiger charge is 2.13. The van der Waals surface area contributed by atoms with Crippen LogP contribution >= 0.6 is 0 Å². The Morgan fingerprint density at radius 1 is 1.15 bits per heavy atom. The van der Waals surface area contributed by atoms with Crippen LogP contribution in [-0.4, -0.2) is 9.97 Å². The fourth-order valence-corrected chi connectivity index (χ4v) is 1.84. The summed E-state index contributed by atoms with van der Waals surface area (Å²) in [4.78, 5) is 8.29. The molecule has 0 aliphatic carbocycles. The number of nitrogens with zero attached hydrogens (tertiary/aromatic N) is 3. The Morgan fingerprint density at radius 3 is 2.35 bits per heavy atom. The van der Waals surface area contributed by atoms with Gasteiger partial charge in [-0.2, -0.15) is 5.26 Å². The van der Waals surface area contributed by atoms with Crippen molar-refractivity contribution in [1.82, 2.24) is 9.97 Å². The average Bonchev–Trinajstić information content (AvgIpc) is 2.38. The summed E-state index contributed by atoms with van der Waals surface area (Å²) < 4.78 is 0. The molecule has 0 aliphatic rings. The van der Waals surface area contributed by atoms with E-state index in [0.29, 0.717) is 17.2 Å². The summed E-state index contributed by atoms with van der Waals surface area (Å²) in [5.74, 6) is 1.18. The molecule has 0 atom stereocenters. The van der Waals surface area contributed by atoms with Crippen molar-refractivity contribution in [3.05, 3.63) is 47.4 Å². The Kier molecular flexibility index (Phi) is 3.71. The van der Waals surface area contributed by atoms with Crippen LogP contribution in [0.25, 0.3) is 0 Å². The first-order valence-corrected chi connectivity index (χ1v) is 6.51. The van der Waals surface area contributed by atoms with E-state index in [2.05, 4.69) is 54.3 Å². The molecule has 1 heterocycles. The minimum Gasteiger partial charge on any atom is -0.339 e. The van der Waals surface area contributed by atoms with E-state index in [4.69, 9.17) is 5.26 Å². The van der Waals surface area contributed by atoms with Crippen LogP contribution in [0.1, 0.15) is 37.7 Å². The zero-order valence-electron chi connectivity index (χ0n) is 12.2. The Hall–Kier alpha value is -2.41. The third-order valence-corrected chi connectivity index (χ3v) is 3.04. The van der Waals surface area contributed by atoms with Gasteiger partial charge in [-0.3, -0.25) is 0 Å². The van der Waals surface area contributed by atoms with Crippen LogP contribution in [-0.2, 0) is 5.41 Å². The molecular formula is C16H18N4. The molecule has 4 heteroatoms. The molecule has 0 bridgehead atoms. The zero-order chi connectivity index (χ0) is 14.8. The van der Waals surface area contributed by atoms with Crippen molar-refractivity contribution in [2.75, 3.05) is 5.32 Å². The second-order valence-corrected chi connectivity index (χ2v) is 5.74. The molecule has 1 aromatic carbocycles. The van der Waals surface area contributed by atoms with Crippen LogP contribution in [0, 0.1) is 18.3 Å². The molecule has 0 saturated heterocycles. The Balaban J connectivity index is 2.27. The monoisotopic (exact) mass is 266 g/mol. The maximum atomic E-state index is 9.07. The molecule has 2 rings (SSSR count). The van der Waals surface area contributed by atoms with Crippen molar-refractivity contribution in [3.8, 4) is 6.07 Å². The molecule has 4 nitrogen and oxygen atoms in total. The van der Waals surface area contributed by atoms with E-state index in [0.717, 1.165) is 5.69 Å². The van der Waals surface area contributed by atoms with Gasteiger partial charge in [-0.05, 0) is 30.0 Å². The van der Waals surface area contributed by atoms with Gasteiger partial charge >= 0.3 is 0 Å². The van der Waals surface area contributed by atoms with Gasteiger partial charge in [-0.15, -0.1) is 0 Å². The predicted octanol–water partition coefficient (Wildman–Crippen LogP) is 3.70. The van der Waals surface area contributed by atoms with Crippen molar-refractivity contribution >= 4 is 11.5 Å². The summed E-state index contributed by atoms with van der Waals surface area (Å²) >= 11 is 0. The van der Waals surface area contributed by atoms with Crippen LogP contribution < -0.4 is 5.32 Å². The number of hydrogen-bond acceptors (Lipinski definition) is 4. The van der Waals surface area contributed by atoms with Gasteiger partial charge in [-0.25, -0.2) is 9.97 Å². The first-order valence-electron chi connectivity index (χ1n) is 6.51. The number of nitrogens with one attached hydrogen (secondary N) is 1. The zero-order valence-corrected chi connectivity index (χ0v) is 12.2. The number of nitriles is 1. The molecular weight excluding hydrogens is 248 g/mol. The van der Waals surface area contributed by atoms with Crippen molar-refractivity contribution in [1.29, 1.82) is 5.26 Å². The van der Waals surface area contributed by atoms with Gasteiger partial charge in [0.25, 0.3) is 0 Å². The molecule has 0 radical (unpaired) electrons. The topological polar surface area (TPSA) is 61.6 Å². The highest BCUT2D eigenvalue weighted by molar-refractivity contribution is 5.62. The smallest absolute Gasteiger partial charge is 0.152 e. The van der Waals surface area contributed by atoms with Gasteiger partial charge in [0, 0.05) is 5.69 Å². The van der Waals surface area contributed by atoms with E-state index in [1.807, 2.05) is 12.1 Å². The standard InChI is InChI=1S/C16H18N4/c1-11-18-10-12(9-17)15(19-11)20-14-7-5-13(6-8-14)16(2,3)4/h5-8,10H,1-4H3,(H,18,19,20). The summed E-state index contributed by atoms with van der Waals surface area (Å²) in [7, 11) is 0. The lowest BCUT2D eigenvalue weighted by molar-refractivity contribution is 0.590. The summed E-state index contributed by atoms with van der Waals surface area (Å²) in [5, 5.41) is 12.2. The fraction of sp³-hybridized carbons (Fsp3) is 0.312. The summed E-state index contributed by atoms with van der Waals surface area (Å²) in [6.45, 7) is 8.33. The van der Waals surface area contributed by atoms with E-state index in [9.17, 15) is 0 Å². The Morgan fingerprint density at radius 2 is 1.80 bits per heavy atom. The number of anilines is 2. The molecule has 1 aromatic heterocycles. The van der Waals surface area contributed by atoms with Crippen LogP contribution in [0.5, 0.6) is 0 Å². The number of hydrogen-bond donors (Lipinski definition) is 1. The van der Waals surface area contributed by atoms with E-state index in [1.165, 1.54) is 11.8 Å². The molecule has 0 unspecified atom stereocenters. The first-order chi connectivity index (χ1) is 9.40. The first kappa shape index (κ1) is 14.0. The minimum atomic E-state index is 0.127. The largest absolute Gasteiger partial charge is 0.339 e. The molecule has 2 aromatic rings. The average molecular weight is 266 g/mol. The van der Waals surface area contributed by atoms with E-state index in [1.54, 1.807) is 6.92 Å². The molecule has 0 fully saturated rings. The Bertz CT molecular complexity index is 646. The number of rotatable bonds is 2. The van der Waals surface area contributed by atoms with Gasteiger partial charge in [-0.1, -0.05) is 32.9 Å². The molecule has 0 amide bonds. The van der Waals surface area contributed by atoms with Crippen LogP contribution in [0.4, 0.5) is 11.5 Å². The highest BCUT2D eigenvalue weighted by atomic mass is 15.0. The lowest BCUT2D eigenvalue weighted by Crippen LogP contribution is -2.10. The lowest BCUT2D eigenvalue weighted by atomic mass is 9.87. The van der Waals surface area contributed by atoms with Crippen LogP contribution in [0.15, 0.2) is 30.5 Å². The number of aryl methyl sites for hydroxylation is 1. The maximum absolute atomic E-state index is 9.07. The van der Waals surface area contributed by atoms with Crippen molar-refractivity contribution in [3.63, 3.8) is 0 Å². The van der Waals surface area contributed by atoms with Crippen LogP contribution in [0.3, 0.4) is 0 Å². The molecule has 0 spiro atoms. The van der Waals surface area contributed by atoms with Crippen molar-refractivity contribution < 1.29 is 0 Å².